The lowest BCUT2D eigenvalue weighted by Gasteiger charge is -2.09. The van der Waals surface area contributed by atoms with E-state index in [0.29, 0.717) is 17.3 Å². The first-order valence-corrected chi connectivity index (χ1v) is 5.59. The van der Waals surface area contributed by atoms with Crippen molar-refractivity contribution in [3.8, 4) is 0 Å². The van der Waals surface area contributed by atoms with Crippen molar-refractivity contribution in [1.82, 2.24) is 10.5 Å². The average molecular weight is 276 g/mol. The Kier molecular flexibility index (Phi) is 4.05. The molecule has 2 rings (SSSR count). The third kappa shape index (κ3) is 3.38. The summed E-state index contributed by atoms with van der Waals surface area (Å²) >= 11 is 0. The molecule has 0 unspecified atom stereocenters. The fourth-order valence-electron chi connectivity index (χ4n) is 1.45. The van der Waals surface area contributed by atoms with Crippen molar-refractivity contribution in [1.29, 1.82) is 0 Å². The monoisotopic (exact) mass is 276 g/mol. The van der Waals surface area contributed by atoms with Gasteiger partial charge in [-0.3, -0.25) is 4.98 Å². The molecule has 6 heteroatoms. The summed E-state index contributed by atoms with van der Waals surface area (Å²) in [6.07, 6.45) is 3.10. The van der Waals surface area contributed by atoms with E-state index in [-0.39, 0.29) is 5.56 Å². The molecule has 1 heterocycles. The predicted molar refractivity (Wildman–Crippen MR) is 68.2 cm³/mol. The van der Waals surface area contributed by atoms with Crippen molar-refractivity contribution in [2.45, 2.75) is 0 Å². The summed E-state index contributed by atoms with van der Waals surface area (Å²) in [7, 11) is 0. The molecule has 0 aliphatic rings. The van der Waals surface area contributed by atoms with E-state index in [4.69, 9.17) is 4.84 Å². The highest BCUT2D eigenvalue weighted by molar-refractivity contribution is 5.89. The van der Waals surface area contributed by atoms with Crippen molar-refractivity contribution >= 4 is 11.7 Å². The molecular formula is C14H10F2N2O2. The van der Waals surface area contributed by atoms with E-state index in [0.717, 1.165) is 12.1 Å². The first-order valence-electron chi connectivity index (χ1n) is 5.59. The van der Waals surface area contributed by atoms with E-state index in [1.54, 1.807) is 24.5 Å². The Hall–Kier alpha value is -2.76. The largest absolute Gasteiger partial charge is 0.363 e. The van der Waals surface area contributed by atoms with E-state index in [9.17, 15) is 13.6 Å². The summed E-state index contributed by atoms with van der Waals surface area (Å²) in [5.74, 6) is -2.63. The summed E-state index contributed by atoms with van der Waals surface area (Å²) in [6.45, 7) is 3.66. The quantitative estimate of drug-likeness (QED) is 0.872. The number of benzene rings is 1. The maximum Gasteiger partial charge on any atom is 0.363 e. The molecule has 0 aliphatic carbocycles. The minimum atomic E-state index is -0.918. The summed E-state index contributed by atoms with van der Waals surface area (Å²) in [4.78, 5) is 20.2. The van der Waals surface area contributed by atoms with E-state index in [1.807, 2.05) is 0 Å². The first-order chi connectivity index (χ1) is 9.56. The van der Waals surface area contributed by atoms with Crippen molar-refractivity contribution < 1.29 is 18.4 Å². The Morgan fingerprint density at radius 2 is 1.70 bits per heavy atom. The molecule has 0 amide bonds. The molecule has 0 bridgehead atoms. The van der Waals surface area contributed by atoms with Crippen molar-refractivity contribution in [2.24, 2.45) is 0 Å². The van der Waals surface area contributed by atoms with Crippen LogP contribution in [0.4, 0.5) is 8.78 Å². The van der Waals surface area contributed by atoms with Gasteiger partial charge in [0, 0.05) is 24.0 Å². The Bertz CT molecular complexity index is 625. The Morgan fingerprint density at radius 3 is 2.30 bits per heavy atom. The predicted octanol–water partition coefficient (Wildman–Crippen LogP) is 2.69. The van der Waals surface area contributed by atoms with Crippen LogP contribution in [0.5, 0.6) is 0 Å². The van der Waals surface area contributed by atoms with Crippen LogP contribution in [0.1, 0.15) is 15.9 Å². The molecular weight excluding hydrogens is 266 g/mol. The van der Waals surface area contributed by atoms with E-state index < -0.39 is 17.6 Å². The number of carbonyl (C=O) groups excluding carboxylic acids is 1. The molecule has 0 aliphatic heterocycles. The van der Waals surface area contributed by atoms with Gasteiger partial charge in [-0.05, 0) is 24.3 Å². The molecule has 4 nitrogen and oxygen atoms in total. The van der Waals surface area contributed by atoms with Gasteiger partial charge in [-0.1, -0.05) is 6.58 Å². The number of rotatable bonds is 4. The molecule has 1 N–H and O–H groups in total. The second-order valence-corrected chi connectivity index (χ2v) is 3.86. The van der Waals surface area contributed by atoms with Crippen molar-refractivity contribution in [2.75, 3.05) is 0 Å². The van der Waals surface area contributed by atoms with Gasteiger partial charge in [0.05, 0.1) is 11.3 Å². The zero-order chi connectivity index (χ0) is 14.5. The lowest BCUT2D eigenvalue weighted by Crippen LogP contribution is -2.18. The summed E-state index contributed by atoms with van der Waals surface area (Å²) < 4.78 is 25.9. The highest BCUT2D eigenvalue weighted by Crippen LogP contribution is 2.11. The van der Waals surface area contributed by atoms with Crippen LogP contribution in [-0.2, 0) is 4.84 Å². The van der Waals surface area contributed by atoms with Gasteiger partial charge in [0.25, 0.3) is 0 Å². The van der Waals surface area contributed by atoms with Crippen LogP contribution in [0.25, 0.3) is 5.70 Å². The van der Waals surface area contributed by atoms with Crippen LogP contribution in [0.3, 0.4) is 0 Å². The summed E-state index contributed by atoms with van der Waals surface area (Å²) in [5.41, 5.74) is 3.06. The molecule has 20 heavy (non-hydrogen) atoms. The molecule has 0 spiro atoms. The maximum absolute atomic E-state index is 13.0. The van der Waals surface area contributed by atoms with E-state index in [2.05, 4.69) is 17.0 Å². The molecule has 0 saturated heterocycles. The number of carbonyl (C=O) groups is 1. The number of pyridine rings is 1. The second kappa shape index (κ2) is 5.92. The molecule has 0 fully saturated rings. The van der Waals surface area contributed by atoms with Crippen LogP contribution in [0.15, 0.2) is 49.3 Å². The van der Waals surface area contributed by atoms with Gasteiger partial charge in [-0.15, -0.1) is 0 Å². The van der Waals surface area contributed by atoms with Crippen molar-refractivity contribution in [3.05, 3.63) is 72.1 Å². The van der Waals surface area contributed by atoms with Gasteiger partial charge in [0.2, 0.25) is 0 Å². The zero-order valence-corrected chi connectivity index (χ0v) is 10.3. The van der Waals surface area contributed by atoms with Gasteiger partial charge >= 0.3 is 5.97 Å². The number of nitrogens with zero attached hydrogens (tertiary/aromatic N) is 1. The lowest BCUT2D eigenvalue weighted by atomic mass is 10.2. The number of halogens is 2. The number of nitrogens with one attached hydrogen (secondary N) is 1. The summed E-state index contributed by atoms with van der Waals surface area (Å²) in [6, 6.07) is 5.74. The highest BCUT2D eigenvalue weighted by atomic mass is 19.1. The number of hydrogen-bond donors (Lipinski definition) is 1. The van der Waals surface area contributed by atoms with Crippen LogP contribution in [0.2, 0.25) is 0 Å². The van der Waals surface area contributed by atoms with Gasteiger partial charge < -0.3 is 4.84 Å². The maximum atomic E-state index is 13.0. The molecule has 2 aromatic rings. The highest BCUT2D eigenvalue weighted by Gasteiger charge is 2.11. The molecule has 0 saturated carbocycles. The number of aromatic nitrogens is 1. The van der Waals surface area contributed by atoms with E-state index in [1.165, 1.54) is 0 Å². The molecule has 1 aromatic heterocycles. The SMILES string of the molecule is C=C(NOC(=O)c1cc(F)cc(F)c1)c1ccncc1. The third-order valence-electron chi connectivity index (χ3n) is 2.39. The minimum absolute atomic E-state index is 0.238. The zero-order valence-electron chi connectivity index (χ0n) is 10.3. The fourth-order valence-corrected chi connectivity index (χ4v) is 1.45. The molecule has 1 aromatic carbocycles. The second-order valence-electron chi connectivity index (χ2n) is 3.86. The number of hydrogen-bond acceptors (Lipinski definition) is 4. The normalized spacial score (nSPS) is 9.90. The van der Waals surface area contributed by atoms with Gasteiger partial charge in [-0.2, -0.15) is 0 Å². The van der Waals surface area contributed by atoms with Gasteiger partial charge in [0.15, 0.2) is 0 Å². The topological polar surface area (TPSA) is 51.2 Å². The smallest absolute Gasteiger partial charge is 0.338 e. The number of hydroxylamine groups is 1. The van der Waals surface area contributed by atoms with Gasteiger partial charge in [0.1, 0.15) is 11.6 Å². The Labute approximate surface area is 113 Å². The summed E-state index contributed by atoms with van der Waals surface area (Å²) in [5, 5.41) is 0. The third-order valence-corrected chi connectivity index (χ3v) is 2.39. The standard InChI is InChI=1S/C14H10F2N2O2/c1-9(10-2-4-17-5-3-10)18-20-14(19)11-6-12(15)8-13(16)7-11/h2-8,18H,1H2. The molecule has 102 valence electrons. The first kappa shape index (κ1) is 13.7. The molecule has 0 atom stereocenters. The van der Waals surface area contributed by atoms with Crippen LogP contribution >= 0.6 is 0 Å². The van der Waals surface area contributed by atoms with Crippen LogP contribution in [0, 0.1) is 11.6 Å². The van der Waals surface area contributed by atoms with Gasteiger partial charge in [-0.25, -0.2) is 19.1 Å². The Balaban J connectivity index is 2.00. The minimum Gasteiger partial charge on any atom is -0.338 e. The van der Waals surface area contributed by atoms with Crippen molar-refractivity contribution in [3.63, 3.8) is 0 Å². The molecule has 0 radical (unpaired) electrons. The lowest BCUT2D eigenvalue weighted by molar-refractivity contribution is 0.0368. The van der Waals surface area contributed by atoms with Crippen LogP contribution < -0.4 is 5.48 Å². The Morgan fingerprint density at radius 1 is 1.10 bits per heavy atom. The fraction of sp³-hybridized carbons (Fsp3) is 0. The van der Waals surface area contributed by atoms with Crippen LogP contribution in [-0.4, -0.2) is 11.0 Å². The average Bonchev–Trinajstić information content (AvgIpc) is 2.44. The van der Waals surface area contributed by atoms with E-state index >= 15 is 0 Å².